The Morgan fingerprint density at radius 2 is 1.55 bits per heavy atom. The first kappa shape index (κ1) is 15.3. The van der Waals surface area contributed by atoms with Gasteiger partial charge in [0.25, 0.3) is 0 Å². The third-order valence-corrected chi connectivity index (χ3v) is 4.05. The summed E-state index contributed by atoms with van der Waals surface area (Å²) >= 11 is 0. The van der Waals surface area contributed by atoms with Gasteiger partial charge in [-0.25, -0.2) is 0 Å². The highest BCUT2D eigenvalue weighted by Gasteiger charge is 2.36. The molecule has 3 nitrogen and oxygen atoms in total. The number of rotatable bonds is 4. The normalized spacial score (nSPS) is 20.4. The largest absolute Gasteiger partial charge is 0.491 e. The molecule has 2 rings (SSSR count). The van der Waals surface area contributed by atoms with Crippen molar-refractivity contribution in [2.75, 3.05) is 0 Å². The van der Waals surface area contributed by atoms with Crippen LogP contribution in [0.1, 0.15) is 64.0 Å². The van der Waals surface area contributed by atoms with Gasteiger partial charge in [0.05, 0.1) is 11.7 Å². The number of aliphatic hydroxyl groups excluding tert-OH is 1. The van der Waals surface area contributed by atoms with Gasteiger partial charge in [-0.3, -0.25) is 0 Å². The second-order valence-electron chi connectivity index (χ2n) is 6.16. The van der Waals surface area contributed by atoms with Crippen LogP contribution in [0.15, 0.2) is 24.3 Å². The molecule has 1 fully saturated rings. The molecule has 1 aromatic rings. The molecule has 0 saturated heterocycles. The first-order valence-electron chi connectivity index (χ1n) is 7.68. The van der Waals surface area contributed by atoms with Gasteiger partial charge in [-0.15, -0.1) is 0 Å². The predicted molar refractivity (Wildman–Crippen MR) is 79.8 cm³/mol. The average Bonchev–Trinajstić information content (AvgIpc) is 2.64. The molecule has 1 atom stereocenters. The van der Waals surface area contributed by atoms with Gasteiger partial charge in [0, 0.05) is 0 Å². The number of ether oxygens (including phenoxy) is 1. The maximum Gasteiger partial charge on any atom is 0.119 e. The first-order valence-corrected chi connectivity index (χ1v) is 7.68. The minimum atomic E-state index is -0.975. The molecule has 0 bridgehead atoms. The SMILES string of the molecule is CC(C)Oc1ccc(C(O)C2(O)CCCCCC2)cc1. The van der Waals surface area contributed by atoms with Crippen molar-refractivity contribution in [1.29, 1.82) is 0 Å². The van der Waals surface area contributed by atoms with Gasteiger partial charge in [0.2, 0.25) is 0 Å². The third kappa shape index (κ3) is 3.74. The summed E-state index contributed by atoms with van der Waals surface area (Å²) < 4.78 is 5.60. The molecular formula is C17H26O3. The van der Waals surface area contributed by atoms with Crippen molar-refractivity contribution >= 4 is 0 Å². The molecule has 0 aliphatic heterocycles. The monoisotopic (exact) mass is 278 g/mol. The van der Waals surface area contributed by atoms with Crippen molar-refractivity contribution in [3.63, 3.8) is 0 Å². The van der Waals surface area contributed by atoms with Crippen molar-refractivity contribution in [2.24, 2.45) is 0 Å². The van der Waals surface area contributed by atoms with E-state index in [0.717, 1.165) is 37.0 Å². The van der Waals surface area contributed by atoms with E-state index in [9.17, 15) is 10.2 Å². The zero-order valence-electron chi connectivity index (χ0n) is 12.5. The fourth-order valence-corrected chi connectivity index (χ4v) is 2.93. The van der Waals surface area contributed by atoms with Gasteiger partial charge >= 0.3 is 0 Å². The Morgan fingerprint density at radius 1 is 1.00 bits per heavy atom. The molecule has 1 aromatic carbocycles. The Balaban J connectivity index is 2.09. The van der Waals surface area contributed by atoms with E-state index in [1.807, 2.05) is 38.1 Å². The molecule has 2 N–H and O–H groups in total. The molecule has 112 valence electrons. The summed E-state index contributed by atoms with van der Waals surface area (Å²) in [5, 5.41) is 21.2. The van der Waals surface area contributed by atoms with Gasteiger partial charge in [-0.1, -0.05) is 37.8 Å². The summed E-state index contributed by atoms with van der Waals surface area (Å²) in [4.78, 5) is 0. The fourth-order valence-electron chi connectivity index (χ4n) is 2.93. The quantitative estimate of drug-likeness (QED) is 0.827. The zero-order chi connectivity index (χ0) is 14.6. The summed E-state index contributed by atoms with van der Waals surface area (Å²) in [5.41, 5.74) is -0.206. The molecule has 0 spiro atoms. The van der Waals surface area contributed by atoms with E-state index in [2.05, 4.69) is 0 Å². The summed E-state index contributed by atoms with van der Waals surface area (Å²) in [7, 11) is 0. The summed E-state index contributed by atoms with van der Waals surface area (Å²) in [5.74, 6) is 0.795. The lowest BCUT2D eigenvalue weighted by Crippen LogP contribution is -2.35. The maximum absolute atomic E-state index is 10.7. The number of benzene rings is 1. The molecule has 3 heteroatoms. The zero-order valence-corrected chi connectivity index (χ0v) is 12.5. The number of aliphatic hydroxyl groups is 2. The highest BCUT2D eigenvalue weighted by atomic mass is 16.5. The minimum absolute atomic E-state index is 0.136. The van der Waals surface area contributed by atoms with Crippen molar-refractivity contribution in [2.45, 2.75) is 70.2 Å². The number of hydrogen-bond donors (Lipinski definition) is 2. The smallest absolute Gasteiger partial charge is 0.119 e. The molecule has 0 radical (unpaired) electrons. The second kappa shape index (κ2) is 6.59. The van der Waals surface area contributed by atoms with Crippen molar-refractivity contribution in [1.82, 2.24) is 0 Å². The Labute approximate surface area is 121 Å². The van der Waals surface area contributed by atoms with Crippen LogP contribution in [-0.2, 0) is 0 Å². The molecule has 1 unspecified atom stereocenters. The summed E-state index contributed by atoms with van der Waals surface area (Å²) in [6, 6.07) is 7.42. The third-order valence-electron chi connectivity index (χ3n) is 4.05. The van der Waals surface area contributed by atoms with E-state index in [0.29, 0.717) is 12.8 Å². The van der Waals surface area contributed by atoms with Crippen LogP contribution in [0.2, 0.25) is 0 Å². The Kier molecular flexibility index (Phi) is 5.06. The highest BCUT2D eigenvalue weighted by Crippen LogP contribution is 2.37. The molecule has 0 amide bonds. The molecule has 1 aliphatic carbocycles. The van der Waals surface area contributed by atoms with Gasteiger partial charge in [0.15, 0.2) is 0 Å². The van der Waals surface area contributed by atoms with E-state index in [-0.39, 0.29) is 6.10 Å². The van der Waals surface area contributed by atoms with E-state index < -0.39 is 11.7 Å². The van der Waals surface area contributed by atoms with Crippen LogP contribution < -0.4 is 4.74 Å². The summed E-state index contributed by atoms with van der Waals surface area (Å²) in [6.07, 6.45) is 4.96. The molecule has 1 aliphatic rings. The second-order valence-corrected chi connectivity index (χ2v) is 6.16. The van der Waals surface area contributed by atoms with Gasteiger partial charge < -0.3 is 14.9 Å². The topological polar surface area (TPSA) is 49.7 Å². The lowest BCUT2D eigenvalue weighted by molar-refractivity contribution is -0.0867. The maximum atomic E-state index is 10.7. The van der Waals surface area contributed by atoms with E-state index in [4.69, 9.17) is 4.74 Å². The standard InChI is InChI=1S/C17H26O3/c1-13(2)20-15-9-7-14(8-10-15)16(18)17(19)11-5-3-4-6-12-17/h7-10,13,16,18-19H,3-6,11-12H2,1-2H3. The lowest BCUT2D eigenvalue weighted by atomic mass is 9.84. The first-order chi connectivity index (χ1) is 9.51. The van der Waals surface area contributed by atoms with Crippen LogP contribution in [0.3, 0.4) is 0 Å². The lowest BCUT2D eigenvalue weighted by Gasteiger charge is -2.32. The average molecular weight is 278 g/mol. The van der Waals surface area contributed by atoms with Crippen molar-refractivity contribution in [3.8, 4) is 5.75 Å². The van der Waals surface area contributed by atoms with Gasteiger partial charge in [-0.05, 0) is 44.4 Å². The van der Waals surface area contributed by atoms with E-state index in [1.165, 1.54) is 0 Å². The van der Waals surface area contributed by atoms with Gasteiger partial charge in [0.1, 0.15) is 11.9 Å². The highest BCUT2D eigenvalue weighted by molar-refractivity contribution is 5.30. The summed E-state index contributed by atoms with van der Waals surface area (Å²) in [6.45, 7) is 3.97. The van der Waals surface area contributed by atoms with Crippen LogP contribution >= 0.6 is 0 Å². The van der Waals surface area contributed by atoms with Crippen LogP contribution in [0.5, 0.6) is 5.75 Å². The molecular weight excluding hydrogens is 252 g/mol. The Morgan fingerprint density at radius 3 is 2.05 bits per heavy atom. The van der Waals surface area contributed by atoms with Crippen LogP contribution in [-0.4, -0.2) is 21.9 Å². The molecule has 20 heavy (non-hydrogen) atoms. The van der Waals surface area contributed by atoms with Crippen LogP contribution in [0.4, 0.5) is 0 Å². The van der Waals surface area contributed by atoms with E-state index in [1.54, 1.807) is 0 Å². The van der Waals surface area contributed by atoms with Gasteiger partial charge in [-0.2, -0.15) is 0 Å². The molecule has 0 aromatic heterocycles. The van der Waals surface area contributed by atoms with Crippen LogP contribution in [0, 0.1) is 0 Å². The van der Waals surface area contributed by atoms with E-state index >= 15 is 0 Å². The van der Waals surface area contributed by atoms with Crippen molar-refractivity contribution < 1.29 is 14.9 Å². The van der Waals surface area contributed by atoms with Crippen molar-refractivity contribution in [3.05, 3.63) is 29.8 Å². The van der Waals surface area contributed by atoms with Crippen LogP contribution in [0.25, 0.3) is 0 Å². The fraction of sp³-hybridized carbons (Fsp3) is 0.647. The Bertz CT molecular complexity index is 403. The Hall–Kier alpha value is -1.06. The molecule has 1 saturated carbocycles. The minimum Gasteiger partial charge on any atom is -0.491 e. The predicted octanol–water partition coefficient (Wildman–Crippen LogP) is 3.59. The number of hydrogen-bond acceptors (Lipinski definition) is 3. The molecule has 0 heterocycles.